The number of anilines is 2. The topological polar surface area (TPSA) is 49.3 Å². The molecule has 3 nitrogen and oxygen atoms in total. The molecule has 2 rings (SSSR count). The van der Waals surface area contributed by atoms with Gasteiger partial charge >= 0.3 is 5.97 Å². The van der Waals surface area contributed by atoms with E-state index in [1.165, 1.54) is 24.3 Å². The number of benzene rings is 2. The Labute approximate surface area is 119 Å². The maximum Gasteiger partial charge on any atom is 0.337 e. The number of carbonyl (C=O) groups is 1. The number of carboxylic acid groups (broad SMARTS) is 1. The second-order valence-electron chi connectivity index (χ2n) is 4.05. The highest BCUT2D eigenvalue weighted by molar-refractivity contribution is 7.80. The van der Waals surface area contributed by atoms with E-state index in [1.54, 1.807) is 18.2 Å². The van der Waals surface area contributed by atoms with Gasteiger partial charge in [0.1, 0.15) is 0 Å². The number of carboxylic acids is 1. The summed E-state index contributed by atoms with van der Waals surface area (Å²) >= 11 is 4.14. The zero-order valence-corrected chi connectivity index (χ0v) is 11.1. The number of hydrogen-bond acceptors (Lipinski definition) is 3. The van der Waals surface area contributed by atoms with Crippen molar-refractivity contribution in [3.8, 4) is 0 Å². The lowest BCUT2D eigenvalue weighted by Crippen LogP contribution is -2.02. The van der Waals surface area contributed by atoms with E-state index in [9.17, 15) is 13.6 Å². The molecule has 0 unspecified atom stereocenters. The number of nitrogens with one attached hydrogen (secondary N) is 1. The van der Waals surface area contributed by atoms with E-state index in [0.717, 1.165) is 0 Å². The summed E-state index contributed by atoms with van der Waals surface area (Å²) in [6, 6.07) is 10.3. The van der Waals surface area contributed by atoms with Crippen molar-refractivity contribution in [1.82, 2.24) is 0 Å². The van der Waals surface area contributed by atoms with Crippen LogP contribution in [0.2, 0.25) is 0 Å². The first kappa shape index (κ1) is 14.3. The molecule has 0 fully saturated rings. The molecule has 6 heteroatoms. The summed E-state index contributed by atoms with van der Waals surface area (Å²) in [5, 5.41) is 12.0. The molecule has 2 aromatic rings. The zero-order chi connectivity index (χ0) is 14.7. The fourth-order valence-electron chi connectivity index (χ4n) is 1.71. The van der Waals surface area contributed by atoms with Crippen LogP contribution in [-0.4, -0.2) is 11.1 Å². The molecule has 0 heterocycles. The van der Waals surface area contributed by atoms with Crippen molar-refractivity contribution in [1.29, 1.82) is 0 Å². The third kappa shape index (κ3) is 3.08. The summed E-state index contributed by atoms with van der Waals surface area (Å²) < 4.78 is 25.1. The fourth-order valence-corrected chi connectivity index (χ4v) is 1.99. The van der Waals surface area contributed by atoms with Gasteiger partial charge in [-0.25, -0.2) is 13.6 Å². The molecule has 0 atom stereocenters. The van der Waals surface area contributed by atoms with Gasteiger partial charge in [0, 0.05) is 10.5 Å². The number of para-hydroxylation sites is 1. The molecule has 104 valence electrons. The molecular weight excluding hydrogens is 284 g/mol. The van der Waals surface area contributed by atoms with Crippen LogP contribution in [0, 0.1) is 0 Å². The molecule has 0 aliphatic heterocycles. The maximum atomic E-state index is 12.5. The van der Waals surface area contributed by atoms with Crippen LogP contribution in [0.4, 0.5) is 20.2 Å². The Bertz CT molecular complexity index is 647. The number of alkyl halides is 2. The molecule has 0 aliphatic carbocycles. The molecule has 0 bridgehead atoms. The summed E-state index contributed by atoms with van der Waals surface area (Å²) in [5.74, 6) is -1.07. The molecule has 0 aromatic heterocycles. The van der Waals surface area contributed by atoms with Crippen LogP contribution in [0.3, 0.4) is 0 Å². The maximum absolute atomic E-state index is 12.5. The molecule has 2 N–H and O–H groups in total. The van der Waals surface area contributed by atoms with Gasteiger partial charge in [-0.05, 0) is 24.3 Å². The first-order valence-electron chi connectivity index (χ1n) is 5.69. The largest absolute Gasteiger partial charge is 0.478 e. The van der Waals surface area contributed by atoms with Crippen LogP contribution in [0.1, 0.15) is 22.3 Å². The summed E-state index contributed by atoms with van der Waals surface area (Å²) in [6.07, 6.45) is -2.57. The number of rotatable bonds is 4. The minimum absolute atomic E-state index is 0.0955. The zero-order valence-electron chi connectivity index (χ0n) is 10.2. The van der Waals surface area contributed by atoms with E-state index in [2.05, 4.69) is 17.9 Å². The third-order valence-corrected chi connectivity index (χ3v) is 3.07. The van der Waals surface area contributed by atoms with Crippen LogP contribution in [0.15, 0.2) is 47.4 Å². The molecule has 0 amide bonds. The fraction of sp³-hybridized carbons (Fsp3) is 0.0714. The van der Waals surface area contributed by atoms with Gasteiger partial charge in [-0.2, -0.15) is 0 Å². The van der Waals surface area contributed by atoms with Crippen LogP contribution in [0.25, 0.3) is 0 Å². The highest BCUT2D eigenvalue weighted by Gasteiger charge is 2.12. The van der Waals surface area contributed by atoms with Crippen LogP contribution >= 0.6 is 12.6 Å². The Morgan fingerprint density at radius 2 is 1.85 bits per heavy atom. The average Bonchev–Trinajstić information content (AvgIpc) is 2.41. The summed E-state index contributed by atoms with van der Waals surface area (Å²) in [7, 11) is 0. The predicted molar refractivity (Wildman–Crippen MR) is 75.3 cm³/mol. The van der Waals surface area contributed by atoms with Crippen molar-refractivity contribution in [2.45, 2.75) is 11.3 Å². The average molecular weight is 295 g/mol. The molecule has 2 aromatic carbocycles. The Kier molecular flexibility index (Phi) is 4.24. The van der Waals surface area contributed by atoms with Gasteiger partial charge in [-0.1, -0.05) is 18.2 Å². The normalized spacial score (nSPS) is 10.6. The SMILES string of the molecule is O=C(O)c1ccccc1Nc1ccc(C(F)F)cc1S. The Morgan fingerprint density at radius 3 is 2.45 bits per heavy atom. The smallest absolute Gasteiger partial charge is 0.337 e. The molecule has 0 spiro atoms. The highest BCUT2D eigenvalue weighted by Crippen LogP contribution is 2.30. The lowest BCUT2D eigenvalue weighted by atomic mass is 10.1. The summed E-state index contributed by atoms with van der Waals surface area (Å²) in [6.45, 7) is 0. The van der Waals surface area contributed by atoms with Gasteiger partial charge in [0.05, 0.1) is 16.9 Å². The second-order valence-corrected chi connectivity index (χ2v) is 4.53. The number of thiol groups is 1. The van der Waals surface area contributed by atoms with Crippen molar-refractivity contribution in [2.24, 2.45) is 0 Å². The number of aromatic carboxylic acids is 1. The minimum Gasteiger partial charge on any atom is -0.478 e. The van der Waals surface area contributed by atoms with Crippen molar-refractivity contribution in [3.05, 3.63) is 53.6 Å². The third-order valence-electron chi connectivity index (χ3n) is 2.70. The Hall–Kier alpha value is -2.08. The van der Waals surface area contributed by atoms with E-state index in [4.69, 9.17) is 5.11 Å². The highest BCUT2D eigenvalue weighted by atomic mass is 32.1. The Morgan fingerprint density at radius 1 is 1.15 bits per heavy atom. The van der Waals surface area contributed by atoms with Crippen LogP contribution < -0.4 is 5.32 Å². The van der Waals surface area contributed by atoms with Crippen molar-refractivity contribution < 1.29 is 18.7 Å². The lowest BCUT2D eigenvalue weighted by molar-refractivity contribution is 0.0698. The molecule has 20 heavy (non-hydrogen) atoms. The van der Waals surface area contributed by atoms with Crippen molar-refractivity contribution >= 4 is 30.0 Å². The van der Waals surface area contributed by atoms with Gasteiger partial charge in [0.15, 0.2) is 0 Å². The van der Waals surface area contributed by atoms with E-state index in [0.29, 0.717) is 16.3 Å². The van der Waals surface area contributed by atoms with Gasteiger partial charge in [0.2, 0.25) is 0 Å². The summed E-state index contributed by atoms with van der Waals surface area (Å²) in [5.41, 5.74) is 0.803. The van der Waals surface area contributed by atoms with Gasteiger partial charge < -0.3 is 10.4 Å². The summed E-state index contributed by atoms with van der Waals surface area (Å²) in [4.78, 5) is 11.4. The van der Waals surface area contributed by atoms with Gasteiger partial charge in [-0.15, -0.1) is 12.6 Å². The first-order valence-corrected chi connectivity index (χ1v) is 6.14. The van der Waals surface area contributed by atoms with E-state index in [-0.39, 0.29) is 11.1 Å². The van der Waals surface area contributed by atoms with Crippen LogP contribution in [-0.2, 0) is 0 Å². The minimum atomic E-state index is -2.57. The Balaban J connectivity index is 2.33. The van der Waals surface area contributed by atoms with Gasteiger partial charge in [0.25, 0.3) is 6.43 Å². The van der Waals surface area contributed by atoms with E-state index < -0.39 is 12.4 Å². The van der Waals surface area contributed by atoms with Crippen molar-refractivity contribution in [2.75, 3.05) is 5.32 Å². The lowest BCUT2D eigenvalue weighted by Gasteiger charge is -2.12. The standard InChI is InChI=1S/C14H11F2NO2S/c15-13(16)8-5-6-11(12(20)7-8)17-10-4-2-1-3-9(10)14(18)19/h1-7,13,17,20H,(H,18,19). The molecule has 0 saturated carbocycles. The number of halogens is 2. The van der Waals surface area contributed by atoms with E-state index >= 15 is 0 Å². The van der Waals surface area contributed by atoms with Crippen LogP contribution in [0.5, 0.6) is 0 Å². The van der Waals surface area contributed by atoms with Crippen molar-refractivity contribution in [3.63, 3.8) is 0 Å². The predicted octanol–water partition coefficient (Wildman–Crippen LogP) is 4.35. The molecule has 0 aliphatic rings. The number of hydrogen-bond donors (Lipinski definition) is 3. The first-order chi connectivity index (χ1) is 9.49. The quantitative estimate of drug-likeness (QED) is 0.735. The van der Waals surface area contributed by atoms with Gasteiger partial charge in [-0.3, -0.25) is 0 Å². The van der Waals surface area contributed by atoms with E-state index in [1.807, 2.05) is 0 Å². The second kappa shape index (κ2) is 5.92. The molecule has 0 radical (unpaired) electrons. The molecular formula is C14H11F2NO2S. The monoisotopic (exact) mass is 295 g/mol. The molecule has 0 saturated heterocycles.